The molecule has 0 N–H and O–H groups in total. The molecule has 3 nitrogen and oxygen atoms in total. The monoisotopic (exact) mass is 363 g/mol. The highest BCUT2D eigenvalue weighted by Crippen LogP contribution is 2.57. The van der Waals surface area contributed by atoms with Gasteiger partial charge in [-0.1, -0.05) is 22.0 Å². The highest BCUT2D eigenvalue weighted by atomic mass is 79.9. The standard InChI is InChI=1S/C18H22BrNO2/c1-22-17(21)15-6-9-20(11-18(15)7-8-18)16-5-2-12-10-13(19)3-4-14(12)16/h3-4,10,15-16H,2,5-9,11H2,1H3. The van der Waals surface area contributed by atoms with E-state index in [0.29, 0.717) is 6.04 Å². The van der Waals surface area contributed by atoms with Crippen LogP contribution in [-0.4, -0.2) is 31.1 Å². The third-order valence-electron chi connectivity index (χ3n) is 5.93. The predicted octanol–water partition coefficient (Wildman–Crippen LogP) is 3.71. The molecule has 1 aromatic carbocycles. The number of carbonyl (C=O) groups excluding carboxylic acids is 1. The number of halogens is 1. The molecule has 1 saturated carbocycles. The highest BCUT2D eigenvalue weighted by molar-refractivity contribution is 9.10. The van der Waals surface area contributed by atoms with Crippen molar-refractivity contribution < 1.29 is 9.53 Å². The molecule has 1 saturated heterocycles. The van der Waals surface area contributed by atoms with Crippen LogP contribution in [0.4, 0.5) is 0 Å². The van der Waals surface area contributed by atoms with Crippen LogP contribution in [0.5, 0.6) is 0 Å². The van der Waals surface area contributed by atoms with Crippen molar-refractivity contribution in [2.45, 2.75) is 38.1 Å². The molecular formula is C18H22BrNO2. The number of rotatable bonds is 2. The fraction of sp³-hybridized carbons (Fsp3) is 0.611. The molecule has 2 aliphatic carbocycles. The van der Waals surface area contributed by atoms with E-state index in [9.17, 15) is 4.79 Å². The molecule has 0 bridgehead atoms. The van der Waals surface area contributed by atoms with Gasteiger partial charge >= 0.3 is 5.97 Å². The Hall–Kier alpha value is -0.870. The normalized spacial score (nSPS) is 29.4. The summed E-state index contributed by atoms with van der Waals surface area (Å²) in [6.45, 7) is 2.08. The van der Waals surface area contributed by atoms with Crippen molar-refractivity contribution in [2.24, 2.45) is 11.3 Å². The summed E-state index contributed by atoms with van der Waals surface area (Å²) in [5.41, 5.74) is 3.19. The Labute approximate surface area is 140 Å². The van der Waals surface area contributed by atoms with Crippen LogP contribution in [-0.2, 0) is 16.0 Å². The van der Waals surface area contributed by atoms with Gasteiger partial charge in [-0.15, -0.1) is 0 Å². The number of ether oxygens (including phenoxy) is 1. The topological polar surface area (TPSA) is 29.5 Å². The molecule has 0 amide bonds. The zero-order valence-electron chi connectivity index (χ0n) is 13.0. The summed E-state index contributed by atoms with van der Waals surface area (Å²) in [5.74, 6) is 0.132. The van der Waals surface area contributed by atoms with E-state index in [1.54, 1.807) is 0 Å². The number of methoxy groups -OCH3 is 1. The average molecular weight is 364 g/mol. The number of aryl methyl sites for hydroxylation is 1. The highest BCUT2D eigenvalue weighted by Gasteiger charge is 2.56. The van der Waals surface area contributed by atoms with Gasteiger partial charge in [0.1, 0.15) is 0 Å². The second-order valence-electron chi connectivity index (χ2n) is 7.09. The van der Waals surface area contributed by atoms with Crippen LogP contribution in [0.25, 0.3) is 0 Å². The summed E-state index contributed by atoms with van der Waals surface area (Å²) in [6.07, 6.45) is 5.70. The maximum atomic E-state index is 12.0. The van der Waals surface area contributed by atoms with Gasteiger partial charge in [0.05, 0.1) is 13.0 Å². The summed E-state index contributed by atoms with van der Waals surface area (Å²) < 4.78 is 6.21. The van der Waals surface area contributed by atoms with Crippen LogP contribution in [0.3, 0.4) is 0 Å². The lowest BCUT2D eigenvalue weighted by Gasteiger charge is -2.41. The van der Waals surface area contributed by atoms with Gasteiger partial charge in [-0.25, -0.2) is 0 Å². The molecule has 2 unspecified atom stereocenters. The van der Waals surface area contributed by atoms with Gasteiger partial charge in [0.25, 0.3) is 0 Å². The first-order valence-corrected chi connectivity index (χ1v) is 9.02. The lowest BCUT2D eigenvalue weighted by atomic mass is 9.81. The molecule has 118 valence electrons. The van der Waals surface area contributed by atoms with Crippen LogP contribution in [0.15, 0.2) is 22.7 Å². The number of nitrogens with zero attached hydrogens (tertiary/aromatic N) is 1. The third-order valence-corrected chi connectivity index (χ3v) is 6.43. The molecule has 1 heterocycles. The summed E-state index contributed by atoms with van der Waals surface area (Å²) in [6, 6.07) is 7.25. The van der Waals surface area contributed by atoms with Crippen molar-refractivity contribution in [1.29, 1.82) is 0 Å². The minimum Gasteiger partial charge on any atom is -0.469 e. The van der Waals surface area contributed by atoms with Gasteiger partial charge in [0, 0.05) is 17.1 Å². The second kappa shape index (κ2) is 5.34. The van der Waals surface area contributed by atoms with E-state index >= 15 is 0 Å². The molecule has 1 aliphatic heterocycles. The maximum Gasteiger partial charge on any atom is 0.309 e. The molecule has 2 fully saturated rings. The number of esters is 1. The lowest BCUT2D eigenvalue weighted by Crippen LogP contribution is -2.46. The average Bonchev–Trinajstić information content (AvgIpc) is 3.15. The first kappa shape index (κ1) is 14.7. The van der Waals surface area contributed by atoms with Crippen molar-refractivity contribution in [1.82, 2.24) is 4.90 Å². The van der Waals surface area contributed by atoms with Gasteiger partial charge in [0.2, 0.25) is 0 Å². The predicted molar refractivity (Wildman–Crippen MR) is 88.6 cm³/mol. The minimum absolute atomic E-state index is 0.00732. The fourth-order valence-electron chi connectivity index (χ4n) is 4.58. The van der Waals surface area contributed by atoms with E-state index in [4.69, 9.17) is 4.74 Å². The quantitative estimate of drug-likeness (QED) is 0.750. The van der Waals surface area contributed by atoms with Gasteiger partial charge in [-0.05, 0) is 67.3 Å². The Morgan fingerprint density at radius 1 is 1.36 bits per heavy atom. The Morgan fingerprint density at radius 3 is 2.91 bits per heavy atom. The van der Waals surface area contributed by atoms with Crippen molar-refractivity contribution in [3.8, 4) is 0 Å². The molecule has 0 radical (unpaired) electrons. The number of hydrogen-bond donors (Lipinski definition) is 0. The van der Waals surface area contributed by atoms with Crippen molar-refractivity contribution in [2.75, 3.05) is 20.2 Å². The molecule has 2 atom stereocenters. The first-order chi connectivity index (χ1) is 10.6. The van der Waals surface area contributed by atoms with Gasteiger partial charge < -0.3 is 4.74 Å². The Morgan fingerprint density at radius 2 is 2.18 bits per heavy atom. The van der Waals surface area contributed by atoms with E-state index in [0.717, 1.165) is 19.5 Å². The number of likely N-dealkylation sites (tertiary alicyclic amines) is 1. The fourth-order valence-corrected chi connectivity index (χ4v) is 4.99. The van der Waals surface area contributed by atoms with Crippen molar-refractivity contribution in [3.63, 3.8) is 0 Å². The van der Waals surface area contributed by atoms with Crippen LogP contribution in [0, 0.1) is 11.3 Å². The Bertz CT molecular complexity index is 611. The number of carbonyl (C=O) groups is 1. The molecule has 4 heteroatoms. The van der Waals surface area contributed by atoms with E-state index in [2.05, 4.69) is 39.0 Å². The number of fused-ring (bicyclic) bond motifs is 1. The Balaban J connectivity index is 1.54. The smallest absolute Gasteiger partial charge is 0.309 e. The molecule has 1 spiro atoms. The minimum atomic E-state index is 0.00732. The largest absolute Gasteiger partial charge is 0.469 e. The summed E-state index contributed by atoms with van der Waals surface area (Å²) >= 11 is 3.58. The second-order valence-corrected chi connectivity index (χ2v) is 8.01. The lowest BCUT2D eigenvalue weighted by molar-refractivity contribution is -0.150. The van der Waals surface area contributed by atoms with E-state index in [-0.39, 0.29) is 17.3 Å². The summed E-state index contributed by atoms with van der Waals surface area (Å²) in [7, 11) is 1.52. The number of hydrogen-bond acceptors (Lipinski definition) is 3. The van der Waals surface area contributed by atoms with Gasteiger partial charge in [-0.2, -0.15) is 0 Å². The molecule has 4 rings (SSSR count). The SMILES string of the molecule is COC(=O)C1CCN(C2CCc3cc(Br)ccc32)CC12CC2. The number of piperidine rings is 1. The first-order valence-electron chi connectivity index (χ1n) is 8.23. The van der Waals surface area contributed by atoms with Crippen LogP contribution in [0.2, 0.25) is 0 Å². The van der Waals surface area contributed by atoms with Crippen LogP contribution >= 0.6 is 15.9 Å². The van der Waals surface area contributed by atoms with E-state index in [1.807, 2.05) is 0 Å². The number of benzene rings is 1. The van der Waals surface area contributed by atoms with E-state index < -0.39 is 0 Å². The van der Waals surface area contributed by atoms with E-state index in [1.165, 1.54) is 48.4 Å². The summed E-state index contributed by atoms with van der Waals surface area (Å²) in [4.78, 5) is 14.7. The maximum absolute atomic E-state index is 12.0. The van der Waals surface area contributed by atoms with Crippen molar-refractivity contribution in [3.05, 3.63) is 33.8 Å². The summed E-state index contributed by atoms with van der Waals surface area (Å²) in [5, 5.41) is 0. The zero-order valence-corrected chi connectivity index (χ0v) is 14.6. The van der Waals surface area contributed by atoms with Crippen LogP contribution in [0.1, 0.15) is 42.9 Å². The molecule has 22 heavy (non-hydrogen) atoms. The van der Waals surface area contributed by atoms with Gasteiger partial charge in [0.15, 0.2) is 0 Å². The third kappa shape index (κ3) is 2.31. The van der Waals surface area contributed by atoms with Gasteiger partial charge in [-0.3, -0.25) is 9.69 Å². The Kier molecular flexibility index (Phi) is 3.57. The molecule has 3 aliphatic rings. The van der Waals surface area contributed by atoms with Crippen LogP contribution < -0.4 is 0 Å². The zero-order chi connectivity index (χ0) is 15.3. The molecule has 0 aromatic heterocycles. The van der Waals surface area contributed by atoms with Crippen molar-refractivity contribution >= 4 is 21.9 Å². The molecular weight excluding hydrogens is 342 g/mol. The molecule has 1 aromatic rings.